The highest BCUT2D eigenvalue weighted by Crippen LogP contribution is 2.24. The van der Waals surface area contributed by atoms with E-state index < -0.39 is 0 Å². The number of hydrogen-bond acceptors (Lipinski definition) is 3. The number of aromatic nitrogens is 1. The third-order valence-corrected chi connectivity index (χ3v) is 4.17. The minimum absolute atomic E-state index is 0.383. The summed E-state index contributed by atoms with van der Waals surface area (Å²) < 4.78 is 5.76. The van der Waals surface area contributed by atoms with Gasteiger partial charge in [0.05, 0.1) is 16.8 Å². The molecule has 3 heteroatoms. The van der Waals surface area contributed by atoms with Crippen molar-refractivity contribution in [3.63, 3.8) is 0 Å². The van der Waals surface area contributed by atoms with Crippen LogP contribution < -0.4 is 0 Å². The van der Waals surface area contributed by atoms with E-state index in [9.17, 15) is 0 Å². The van der Waals surface area contributed by atoms with Crippen molar-refractivity contribution in [1.82, 2.24) is 4.98 Å². The second-order valence-electron chi connectivity index (χ2n) is 4.69. The van der Waals surface area contributed by atoms with Crippen molar-refractivity contribution >= 4 is 11.3 Å². The van der Waals surface area contributed by atoms with Crippen molar-refractivity contribution < 1.29 is 4.74 Å². The molecule has 2 aromatic rings. The average molecular weight is 259 g/mol. The third-order valence-electron chi connectivity index (χ3n) is 3.30. The van der Waals surface area contributed by atoms with Gasteiger partial charge >= 0.3 is 0 Å². The Bertz CT molecular complexity index is 488. The molecule has 1 atom stereocenters. The van der Waals surface area contributed by atoms with E-state index in [0.29, 0.717) is 6.10 Å². The molecular weight excluding hydrogens is 242 g/mol. The zero-order chi connectivity index (χ0) is 12.2. The molecule has 18 heavy (non-hydrogen) atoms. The minimum atomic E-state index is 0.383. The van der Waals surface area contributed by atoms with Crippen molar-refractivity contribution in [2.24, 2.45) is 0 Å². The summed E-state index contributed by atoms with van der Waals surface area (Å²) in [6.45, 7) is 0.918. The predicted octanol–water partition coefficient (Wildman–Crippen LogP) is 3.92. The first-order valence-corrected chi connectivity index (χ1v) is 7.41. The standard InChI is InChI=1S/C15H17NOS/c1-2-6-12(7-3-1)14-11-18-15(16-14)10-13-8-4-5-9-17-13/h1-3,6-7,11,13H,4-5,8-10H2. The Balaban J connectivity index is 1.69. The first kappa shape index (κ1) is 11.9. The van der Waals surface area contributed by atoms with Crippen LogP contribution in [0.5, 0.6) is 0 Å². The molecule has 1 unspecified atom stereocenters. The van der Waals surface area contributed by atoms with Crippen LogP contribution in [0.15, 0.2) is 35.7 Å². The van der Waals surface area contributed by atoms with Gasteiger partial charge in [-0.3, -0.25) is 0 Å². The van der Waals surface area contributed by atoms with Crippen molar-refractivity contribution in [3.05, 3.63) is 40.7 Å². The van der Waals surface area contributed by atoms with Gasteiger partial charge in [-0.25, -0.2) is 4.98 Å². The molecule has 0 bridgehead atoms. The Kier molecular flexibility index (Phi) is 3.72. The Morgan fingerprint density at radius 3 is 2.89 bits per heavy atom. The molecule has 0 aliphatic carbocycles. The molecule has 1 aliphatic rings. The highest BCUT2D eigenvalue weighted by atomic mass is 32.1. The lowest BCUT2D eigenvalue weighted by Crippen LogP contribution is -2.21. The second-order valence-corrected chi connectivity index (χ2v) is 5.63. The minimum Gasteiger partial charge on any atom is -0.378 e. The zero-order valence-corrected chi connectivity index (χ0v) is 11.2. The van der Waals surface area contributed by atoms with Crippen LogP contribution in [0, 0.1) is 0 Å². The molecule has 0 N–H and O–H groups in total. The summed E-state index contributed by atoms with van der Waals surface area (Å²) in [4.78, 5) is 4.71. The molecule has 2 nitrogen and oxygen atoms in total. The van der Waals surface area contributed by atoms with Gasteiger partial charge < -0.3 is 4.74 Å². The van der Waals surface area contributed by atoms with E-state index in [0.717, 1.165) is 18.7 Å². The van der Waals surface area contributed by atoms with Crippen molar-refractivity contribution in [2.45, 2.75) is 31.8 Å². The monoisotopic (exact) mass is 259 g/mol. The summed E-state index contributed by atoms with van der Waals surface area (Å²) in [6, 6.07) is 10.4. The van der Waals surface area contributed by atoms with E-state index in [1.165, 1.54) is 29.8 Å². The van der Waals surface area contributed by atoms with Crippen molar-refractivity contribution in [2.75, 3.05) is 6.61 Å². The first-order chi connectivity index (χ1) is 8.92. The Morgan fingerprint density at radius 2 is 2.11 bits per heavy atom. The van der Waals surface area contributed by atoms with E-state index in [-0.39, 0.29) is 0 Å². The highest BCUT2D eigenvalue weighted by molar-refractivity contribution is 7.09. The maximum absolute atomic E-state index is 5.76. The summed E-state index contributed by atoms with van der Waals surface area (Å²) >= 11 is 1.75. The molecule has 0 saturated carbocycles. The van der Waals surface area contributed by atoms with Crippen LogP contribution in [-0.2, 0) is 11.2 Å². The van der Waals surface area contributed by atoms with E-state index in [1.807, 2.05) is 6.07 Å². The molecule has 0 amide bonds. The van der Waals surface area contributed by atoms with Gasteiger partial charge in [0.1, 0.15) is 0 Å². The smallest absolute Gasteiger partial charge is 0.0958 e. The number of rotatable bonds is 3. The zero-order valence-electron chi connectivity index (χ0n) is 10.3. The van der Waals surface area contributed by atoms with E-state index in [4.69, 9.17) is 9.72 Å². The van der Waals surface area contributed by atoms with Gasteiger partial charge in [0.25, 0.3) is 0 Å². The largest absolute Gasteiger partial charge is 0.378 e. The van der Waals surface area contributed by atoms with Crippen LogP contribution in [-0.4, -0.2) is 17.7 Å². The number of hydrogen-bond donors (Lipinski definition) is 0. The Morgan fingerprint density at radius 1 is 1.22 bits per heavy atom. The molecule has 3 rings (SSSR count). The number of ether oxygens (including phenoxy) is 1. The van der Waals surface area contributed by atoms with Gasteiger partial charge in [-0.2, -0.15) is 0 Å². The summed E-state index contributed by atoms with van der Waals surface area (Å²) in [5.41, 5.74) is 2.29. The van der Waals surface area contributed by atoms with Crippen LogP contribution in [0.25, 0.3) is 11.3 Å². The van der Waals surface area contributed by atoms with E-state index >= 15 is 0 Å². The molecule has 1 fully saturated rings. The molecular formula is C15H17NOS. The molecule has 1 aliphatic heterocycles. The predicted molar refractivity (Wildman–Crippen MR) is 74.8 cm³/mol. The molecule has 1 aromatic carbocycles. The normalized spacial score (nSPS) is 19.9. The number of nitrogens with zero attached hydrogens (tertiary/aromatic N) is 1. The van der Waals surface area contributed by atoms with Gasteiger partial charge in [0.2, 0.25) is 0 Å². The van der Waals surface area contributed by atoms with Gasteiger partial charge in [-0.1, -0.05) is 30.3 Å². The lowest BCUT2D eigenvalue weighted by molar-refractivity contribution is 0.0168. The van der Waals surface area contributed by atoms with Gasteiger partial charge in [0, 0.05) is 24.0 Å². The van der Waals surface area contributed by atoms with Crippen molar-refractivity contribution in [1.29, 1.82) is 0 Å². The summed E-state index contributed by atoms with van der Waals surface area (Å²) in [5, 5.41) is 3.34. The maximum atomic E-state index is 5.76. The molecule has 2 heterocycles. The molecule has 1 aromatic heterocycles. The quantitative estimate of drug-likeness (QED) is 0.833. The summed E-state index contributed by atoms with van der Waals surface area (Å²) in [7, 11) is 0. The van der Waals surface area contributed by atoms with Crippen LogP contribution in [0.1, 0.15) is 24.3 Å². The van der Waals surface area contributed by atoms with E-state index in [1.54, 1.807) is 11.3 Å². The van der Waals surface area contributed by atoms with Crippen LogP contribution in [0.2, 0.25) is 0 Å². The second kappa shape index (κ2) is 5.63. The van der Waals surface area contributed by atoms with Crippen LogP contribution in [0.4, 0.5) is 0 Å². The average Bonchev–Trinajstić information content (AvgIpc) is 2.89. The van der Waals surface area contributed by atoms with E-state index in [2.05, 4.69) is 29.6 Å². The lowest BCUT2D eigenvalue weighted by Gasteiger charge is -2.21. The fraction of sp³-hybridized carbons (Fsp3) is 0.400. The Hall–Kier alpha value is -1.19. The van der Waals surface area contributed by atoms with Crippen LogP contribution >= 0.6 is 11.3 Å². The number of thiazole rings is 1. The fourth-order valence-corrected chi connectivity index (χ4v) is 3.18. The topological polar surface area (TPSA) is 22.1 Å². The third kappa shape index (κ3) is 2.79. The SMILES string of the molecule is c1ccc(-c2csc(CC3CCCCO3)n2)cc1. The van der Waals surface area contributed by atoms with Crippen molar-refractivity contribution in [3.8, 4) is 11.3 Å². The van der Waals surface area contributed by atoms with Gasteiger partial charge in [-0.15, -0.1) is 11.3 Å². The molecule has 0 spiro atoms. The Labute approximate surface area is 112 Å². The highest BCUT2D eigenvalue weighted by Gasteiger charge is 2.16. The summed E-state index contributed by atoms with van der Waals surface area (Å²) in [6.07, 6.45) is 5.04. The maximum Gasteiger partial charge on any atom is 0.0958 e. The summed E-state index contributed by atoms with van der Waals surface area (Å²) in [5.74, 6) is 0. The molecule has 1 saturated heterocycles. The number of benzene rings is 1. The first-order valence-electron chi connectivity index (χ1n) is 6.53. The fourth-order valence-electron chi connectivity index (χ4n) is 2.31. The molecule has 94 valence electrons. The lowest BCUT2D eigenvalue weighted by atomic mass is 10.1. The van der Waals surface area contributed by atoms with Crippen LogP contribution in [0.3, 0.4) is 0 Å². The van der Waals surface area contributed by atoms with Gasteiger partial charge in [0.15, 0.2) is 0 Å². The van der Waals surface area contributed by atoms with Gasteiger partial charge in [-0.05, 0) is 19.3 Å². The molecule has 0 radical (unpaired) electrons.